The van der Waals surface area contributed by atoms with Gasteiger partial charge >= 0.3 is 0 Å². The van der Waals surface area contributed by atoms with Crippen LogP contribution < -0.4 is 27.0 Å². The summed E-state index contributed by atoms with van der Waals surface area (Å²) in [7, 11) is 0. The number of nitrogen functional groups attached to an aromatic ring is 1. The molecule has 5 heterocycles. The Morgan fingerprint density at radius 1 is 0.983 bits per heavy atom. The van der Waals surface area contributed by atoms with Gasteiger partial charge in [-0.1, -0.05) is 11.6 Å². The zero-order valence-corrected chi connectivity index (χ0v) is 33.5. The zero-order valence-electron chi connectivity index (χ0n) is 32.8. The molecule has 2 aromatic rings. The number of aliphatic imine (C=N–C) groups is 2. The smallest absolute Gasteiger partial charge is 0.262 e. The molecule has 5 aliphatic heterocycles. The summed E-state index contributed by atoms with van der Waals surface area (Å²) in [5.74, 6) is -0.871. The summed E-state index contributed by atoms with van der Waals surface area (Å²) in [6.07, 6.45) is 7.91. The Bertz CT molecular complexity index is 1980. The van der Waals surface area contributed by atoms with Gasteiger partial charge in [0.15, 0.2) is 5.78 Å². The largest absolute Gasteiger partial charge is 0.398 e. The van der Waals surface area contributed by atoms with E-state index in [1.165, 1.54) is 6.20 Å². The number of hydrogen-bond acceptors (Lipinski definition) is 13. The highest BCUT2D eigenvalue weighted by Gasteiger charge is 2.45. The highest BCUT2D eigenvalue weighted by atomic mass is 35.5. The number of Topliss-reactive ketones (excluding diaryl/α,β-unsaturated/α-hetero) is 1. The molecular weight excluding hydrogens is 760 g/mol. The van der Waals surface area contributed by atoms with Gasteiger partial charge in [0.2, 0.25) is 11.8 Å². The van der Waals surface area contributed by atoms with Crippen LogP contribution in [0.15, 0.2) is 58.2 Å². The van der Waals surface area contributed by atoms with Crippen molar-refractivity contribution in [2.24, 2.45) is 27.6 Å². The predicted octanol–water partition coefficient (Wildman–Crippen LogP) is 3.34. The van der Waals surface area contributed by atoms with E-state index in [1.54, 1.807) is 30.5 Å². The minimum Gasteiger partial charge on any atom is -0.398 e. The molecule has 0 bridgehead atoms. The van der Waals surface area contributed by atoms with Crippen molar-refractivity contribution in [2.45, 2.75) is 69.5 Å². The molecular formula is C42H53ClN10O5. The lowest BCUT2D eigenvalue weighted by Crippen LogP contribution is -2.54. The molecule has 4 saturated heterocycles. The summed E-state index contributed by atoms with van der Waals surface area (Å²) >= 11 is 6.22. The Morgan fingerprint density at radius 2 is 1.72 bits per heavy atom. The first-order valence-corrected chi connectivity index (χ1v) is 20.7. The van der Waals surface area contributed by atoms with E-state index in [-0.39, 0.29) is 24.7 Å². The van der Waals surface area contributed by atoms with E-state index in [0.717, 1.165) is 81.2 Å². The van der Waals surface area contributed by atoms with Gasteiger partial charge in [0.05, 0.1) is 34.1 Å². The van der Waals surface area contributed by atoms with Crippen molar-refractivity contribution in [3.63, 3.8) is 0 Å². The molecule has 6 N–H and O–H groups in total. The van der Waals surface area contributed by atoms with E-state index >= 15 is 0 Å². The van der Waals surface area contributed by atoms with Crippen molar-refractivity contribution in [2.75, 3.05) is 68.4 Å². The Hall–Kier alpha value is -4.96. The first kappa shape index (κ1) is 41.2. The van der Waals surface area contributed by atoms with Crippen LogP contribution in [0, 0.1) is 11.8 Å². The van der Waals surface area contributed by atoms with Crippen LogP contribution in [0.2, 0.25) is 5.02 Å². The van der Waals surface area contributed by atoms with Crippen LogP contribution in [0.5, 0.6) is 0 Å². The second-order valence-electron chi connectivity index (χ2n) is 16.1. The van der Waals surface area contributed by atoms with Crippen LogP contribution in [0.1, 0.15) is 72.1 Å². The highest BCUT2D eigenvalue weighted by Crippen LogP contribution is 2.36. The van der Waals surface area contributed by atoms with E-state index in [9.17, 15) is 24.0 Å². The molecule has 15 nitrogen and oxygen atoms in total. The summed E-state index contributed by atoms with van der Waals surface area (Å²) in [5.41, 5.74) is 14.9. The number of hydrogen-bond donors (Lipinski definition) is 4. The van der Waals surface area contributed by atoms with Crippen molar-refractivity contribution in [1.29, 1.82) is 0 Å². The molecule has 0 aromatic heterocycles. The van der Waals surface area contributed by atoms with Crippen molar-refractivity contribution in [3.05, 3.63) is 64.3 Å². The number of nitrogens with one attached hydrogen (secondary N) is 2. The van der Waals surface area contributed by atoms with E-state index < -0.39 is 29.7 Å². The molecule has 4 fully saturated rings. The van der Waals surface area contributed by atoms with Crippen molar-refractivity contribution < 1.29 is 24.0 Å². The molecule has 4 amide bonds. The van der Waals surface area contributed by atoms with E-state index in [2.05, 4.69) is 42.0 Å². The molecule has 0 saturated carbocycles. The van der Waals surface area contributed by atoms with Crippen LogP contribution in [-0.2, 0) is 14.4 Å². The monoisotopic (exact) mass is 812 g/mol. The number of nitrogens with two attached hydrogens (primary N) is 2. The molecule has 0 aliphatic carbocycles. The molecule has 7 rings (SSSR count). The normalized spacial score (nSPS) is 23.8. The van der Waals surface area contributed by atoms with Crippen LogP contribution in [-0.4, -0.2) is 128 Å². The number of carbonyl (C=O) groups excluding carboxylic acids is 5. The summed E-state index contributed by atoms with van der Waals surface area (Å²) in [4.78, 5) is 80.7. The minimum atomic E-state index is -0.974. The topological polar surface area (TPSA) is 199 Å². The number of imide groups is 2. The lowest BCUT2D eigenvalue weighted by Gasteiger charge is -2.38. The summed E-state index contributed by atoms with van der Waals surface area (Å²) in [6, 6.07) is 10.3. The van der Waals surface area contributed by atoms with Crippen molar-refractivity contribution >= 4 is 71.0 Å². The zero-order chi connectivity index (χ0) is 40.9. The number of rotatable bonds is 16. The number of allylic oxidation sites excluding steroid dienone is 1. The fourth-order valence-electron chi connectivity index (χ4n) is 9.17. The average Bonchev–Trinajstić information content (AvgIpc) is 3.86. The van der Waals surface area contributed by atoms with E-state index in [1.807, 2.05) is 12.1 Å². The second kappa shape index (κ2) is 18.3. The van der Waals surface area contributed by atoms with Crippen LogP contribution in [0.4, 0.5) is 17.1 Å². The maximum absolute atomic E-state index is 13.4. The van der Waals surface area contributed by atoms with E-state index in [4.69, 9.17) is 23.1 Å². The third-order valence-electron chi connectivity index (χ3n) is 12.3. The van der Waals surface area contributed by atoms with E-state index in [0.29, 0.717) is 71.3 Å². The molecule has 16 heteroatoms. The highest BCUT2D eigenvalue weighted by molar-refractivity contribution is 6.33. The van der Waals surface area contributed by atoms with Gasteiger partial charge in [-0.05, 0) is 100 Å². The fourth-order valence-corrected chi connectivity index (χ4v) is 9.35. The third kappa shape index (κ3) is 9.17. The molecule has 2 aromatic carbocycles. The number of benzene rings is 2. The second-order valence-corrected chi connectivity index (χ2v) is 16.5. The van der Waals surface area contributed by atoms with Gasteiger partial charge in [-0.25, -0.2) is 0 Å². The van der Waals surface area contributed by atoms with Crippen LogP contribution in [0.25, 0.3) is 0 Å². The number of nitrogens with zero attached hydrogens (tertiary/aromatic N) is 6. The van der Waals surface area contributed by atoms with Crippen LogP contribution in [0.3, 0.4) is 0 Å². The number of carbonyl (C=O) groups is 5. The van der Waals surface area contributed by atoms with Crippen molar-refractivity contribution in [1.82, 2.24) is 20.0 Å². The Morgan fingerprint density at radius 3 is 2.41 bits per heavy atom. The average molecular weight is 813 g/mol. The van der Waals surface area contributed by atoms with Gasteiger partial charge in [0.25, 0.3) is 11.8 Å². The van der Waals surface area contributed by atoms with Crippen LogP contribution >= 0.6 is 11.6 Å². The predicted molar refractivity (Wildman–Crippen MR) is 225 cm³/mol. The maximum atomic E-state index is 13.4. The Labute approximate surface area is 343 Å². The Kier molecular flexibility index (Phi) is 13.0. The van der Waals surface area contributed by atoms with Gasteiger partial charge in [-0.3, -0.25) is 54.0 Å². The molecule has 58 heavy (non-hydrogen) atoms. The molecule has 1 unspecified atom stereocenters. The number of halogens is 1. The number of ketones is 1. The number of piperidine rings is 2. The SMILES string of the molecule is C=N/C=C(\C=NCN1C[C@@H]2CN(C3CCN(c4ccc5c(c4)C(=O)N(C4CCC(=O)NC4=O)C5=O)CC3)C[C@@H]2C1)C(=O)CC[C@@H](CCCN)Nc1ccc(N)c(Cl)c1. The molecule has 0 radical (unpaired) electrons. The lowest BCUT2D eigenvalue weighted by molar-refractivity contribution is -0.136. The van der Waals surface area contributed by atoms with Crippen molar-refractivity contribution in [3.8, 4) is 0 Å². The van der Waals surface area contributed by atoms with Gasteiger partial charge in [0.1, 0.15) is 6.04 Å². The first-order valence-electron chi connectivity index (χ1n) is 20.3. The summed E-state index contributed by atoms with van der Waals surface area (Å²) < 4.78 is 0. The van der Waals surface area contributed by atoms with Gasteiger partial charge in [0, 0.05) is 88.0 Å². The molecule has 0 spiro atoms. The number of likely N-dealkylation sites (tertiary alicyclic amines) is 2. The maximum Gasteiger partial charge on any atom is 0.262 e. The first-order chi connectivity index (χ1) is 28.0. The quantitative estimate of drug-likeness (QED) is 0.0840. The van der Waals surface area contributed by atoms with Gasteiger partial charge in [-0.15, -0.1) is 0 Å². The number of amides is 4. The lowest BCUT2D eigenvalue weighted by atomic mass is 10.0. The third-order valence-corrected chi connectivity index (χ3v) is 12.6. The number of anilines is 3. The Balaban J connectivity index is 0.853. The summed E-state index contributed by atoms with van der Waals surface area (Å²) in [6.45, 7) is 10.4. The van der Waals surface area contributed by atoms with Gasteiger partial charge < -0.3 is 21.7 Å². The minimum absolute atomic E-state index is 0.0320. The number of fused-ring (bicyclic) bond motifs is 2. The summed E-state index contributed by atoms with van der Waals surface area (Å²) in [5, 5.41) is 6.20. The molecule has 308 valence electrons. The molecule has 4 atom stereocenters. The fraction of sp³-hybridized carbons (Fsp3) is 0.500. The standard InChI is InChI=1S/C42H53ClN10O5/c1-46-19-26(38(54)10-5-29(3-2-14-44)48-30-4-8-36(45)35(43)17-30)20-47-25-50-21-27-23-52(24-28(27)22-50)31-12-15-51(16-13-31)32-6-7-33-34(18-32)42(58)53(41(33)57)37-9-11-39(55)49-40(37)56/h4,6-8,17-20,27-29,31,37,48H,1-3,5,9-16,21-25,44-45H2,(H,49,55,56)/b26-19+,47-20?/t27-,28+,29-,37?/m1/s1. The molecule has 5 aliphatic rings. The van der Waals surface area contributed by atoms with Gasteiger partial charge in [-0.2, -0.15) is 0 Å².